The molecule has 1 fully saturated rings. The molecule has 7 nitrogen and oxygen atoms in total. The summed E-state index contributed by atoms with van der Waals surface area (Å²) >= 11 is 0. The highest BCUT2D eigenvalue weighted by Crippen LogP contribution is 2.34. The third kappa shape index (κ3) is 2.25. The van der Waals surface area contributed by atoms with Crippen molar-refractivity contribution in [2.45, 2.75) is 12.8 Å². The smallest absolute Gasteiger partial charge is 0.220 e. The van der Waals surface area contributed by atoms with E-state index >= 15 is 0 Å². The van der Waals surface area contributed by atoms with Crippen molar-refractivity contribution in [2.75, 3.05) is 18.0 Å². The Morgan fingerprint density at radius 2 is 2.09 bits per heavy atom. The number of primary amides is 1. The third-order valence-electron chi connectivity index (χ3n) is 4.55. The number of carbonyl (C=O) groups excluding carboxylic acids is 1. The highest BCUT2D eigenvalue weighted by Gasteiger charge is 2.25. The van der Waals surface area contributed by atoms with Gasteiger partial charge in [-0.3, -0.25) is 4.79 Å². The van der Waals surface area contributed by atoms with Gasteiger partial charge in [0, 0.05) is 29.9 Å². The molecular formula is C16H17N5O2. The summed E-state index contributed by atoms with van der Waals surface area (Å²) in [5.41, 5.74) is 7.05. The SMILES string of the molecule is NC(=O)C1CCN(c2ncnc3[nH]c4ccc(O)cc4c23)CC1. The van der Waals surface area contributed by atoms with Crippen molar-refractivity contribution in [3.63, 3.8) is 0 Å². The van der Waals surface area contributed by atoms with Gasteiger partial charge in [0.2, 0.25) is 5.91 Å². The van der Waals surface area contributed by atoms with Crippen LogP contribution in [0.1, 0.15) is 12.8 Å². The highest BCUT2D eigenvalue weighted by molar-refractivity contribution is 6.11. The number of benzene rings is 1. The lowest BCUT2D eigenvalue weighted by atomic mass is 9.96. The number of phenols is 1. The molecule has 23 heavy (non-hydrogen) atoms. The number of carbonyl (C=O) groups is 1. The average Bonchev–Trinajstić information content (AvgIpc) is 2.93. The molecule has 1 aliphatic rings. The van der Waals surface area contributed by atoms with Gasteiger partial charge < -0.3 is 20.7 Å². The maximum absolute atomic E-state index is 11.3. The van der Waals surface area contributed by atoms with Crippen molar-refractivity contribution in [1.82, 2.24) is 15.0 Å². The predicted molar refractivity (Wildman–Crippen MR) is 87.2 cm³/mol. The van der Waals surface area contributed by atoms with Crippen LogP contribution in [0, 0.1) is 5.92 Å². The summed E-state index contributed by atoms with van der Waals surface area (Å²) in [6, 6.07) is 5.19. The Kier molecular flexibility index (Phi) is 3.07. The molecule has 0 unspecified atom stereocenters. The predicted octanol–water partition coefficient (Wildman–Crippen LogP) is 1.52. The molecule has 0 aliphatic carbocycles. The van der Waals surface area contributed by atoms with E-state index in [-0.39, 0.29) is 17.6 Å². The lowest BCUT2D eigenvalue weighted by molar-refractivity contribution is -0.122. The maximum Gasteiger partial charge on any atom is 0.220 e. The number of nitrogens with two attached hydrogens (primary N) is 1. The van der Waals surface area contributed by atoms with Gasteiger partial charge in [-0.2, -0.15) is 0 Å². The number of phenolic OH excluding ortho intramolecular Hbond substituents is 1. The van der Waals surface area contributed by atoms with Crippen LogP contribution in [-0.2, 0) is 4.79 Å². The van der Waals surface area contributed by atoms with Gasteiger partial charge in [0.25, 0.3) is 0 Å². The molecule has 1 aromatic carbocycles. The fraction of sp³-hybridized carbons (Fsp3) is 0.312. The zero-order valence-electron chi connectivity index (χ0n) is 12.5. The monoisotopic (exact) mass is 311 g/mol. The van der Waals surface area contributed by atoms with E-state index in [1.165, 1.54) is 6.33 Å². The number of H-pyrrole nitrogens is 1. The largest absolute Gasteiger partial charge is 0.508 e. The Balaban J connectivity index is 1.80. The van der Waals surface area contributed by atoms with Gasteiger partial charge in [0.15, 0.2) is 0 Å². The van der Waals surface area contributed by atoms with Crippen molar-refractivity contribution in [3.05, 3.63) is 24.5 Å². The first-order valence-corrected chi connectivity index (χ1v) is 7.63. The van der Waals surface area contributed by atoms with Gasteiger partial charge in [0.1, 0.15) is 23.5 Å². The van der Waals surface area contributed by atoms with Crippen LogP contribution in [0.5, 0.6) is 5.75 Å². The standard InChI is InChI=1S/C16H17N5O2/c17-14(23)9-3-5-21(6-4-9)16-13-11-7-10(22)1-2-12(11)20-15(13)18-8-19-16/h1-2,7-9,22H,3-6H2,(H2,17,23)(H,18,19,20). The van der Waals surface area contributed by atoms with Crippen LogP contribution in [0.15, 0.2) is 24.5 Å². The van der Waals surface area contributed by atoms with E-state index in [1.54, 1.807) is 12.1 Å². The maximum atomic E-state index is 11.3. The molecule has 0 bridgehead atoms. The zero-order valence-corrected chi connectivity index (χ0v) is 12.5. The minimum absolute atomic E-state index is 0.0596. The molecular weight excluding hydrogens is 294 g/mol. The molecule has 4 N–H and O–H groups in total. The number of piperidine rings is 1. The normalized spacial score (nSPS) is 16.3. The van der Waals surface area contributed by atoms with E-state index in [9.17, 15) is 9.90 Å². The molecule has 0 saturated carbocycles. The van der Waals surface area contributed by atoms with Crippen molar-refractivity contribution in [3.8, 4) is 5.75 Å². The number of rotatable bonds is 2. The van der Waals surface area contributed by atoms with Crippen LogP contribution >= 0.6 is 0 Å². The first-order chi connectivity index (χ1) is 11.1. The van der Waals surface area contributed by atoms with Crippen LogP contribution in [0.2, 0.25) is 0 Å². The van der Waals surface area contributed by atoms with Crippen LogP contribution in [0.3, 0.4) is 0 Å². The fourth-order valence-electron chi connectivity index (χ4n) is 3.31. The summed E-state index contributed by atoms with van der Waals surface area (Å²) in [7, 11) is 0. The van der Waals surface area contributed by atoms with Gasteiger partial charge in [-0.15, -0.1) is 0 Å². The molecule has 0 spiro atoms. The Bertz CT molecular complexity index is 896. The second-order valence-electron chi connectivity index (χ2n) is 5.94. The average molecular weight is 311 g/mol. The number of amides is 1. The van der Waals surface area contributed by atoms with Crippen molar-refractivity contribution < 1.29 is 9.90 Å². The summed E-state index contributed by atoms with van der Waals surface area (Å²) in [4.78, 5) is 25.5. The molecule has 0 atom stereocenters. The molecule has 4 rings (SSSR count). The topological polar surface area (TPSA) is 108 Å². The summed E-state index contributed by atoms with van der Waals surface area (Å²) in [5.74, 6) is 0.750. The second-order valence-corrected chi connectivity index (χ2v) is 5.94. The molecule has 2 aromatic heterocycles. The summed E-state index contributed by atoms with van der Waals surface area (Å²) in [6.07, 6.45) is 3.00. The molecule has 1 amide bonds. The van der Waals surface area contributed by atoms with E-state index in [0.717, 1.165) is 53.7 Å². The molecule has 7 heteroatoms. The molecule has 1 aliphatic heterocycles. The number of fused-ring (bicyclic) bond motifs is 3. The Morgan fingerprint density at radius 3 is 2.83 bits per heavy atom. The van der Waals surface area contributed by atoms with E-state index in [1.807, 2.05) is 6.07 Å². The van der Waals surface area contributed by atoms with Crippen LogP contribution in [0.4, 0.5) is 5.82 Å². The van der Waals surface area contributed by atoms with Gasteiger partial charge in [-0.25, -0.2) is 9.97 Å². The second kappa shape index (κ2) is 5.12. The van der Waals surface area contributed by atoms with E-state index in [2.05, 4.69) is 19.9 Å². The van der Waals surface area contributed by atoms with Gasteiger partial charge in [-0.05, 0) is 31.0 Å². The Morgan fingerprint density at radius 1 is 1.30 bits per heavy atom. The van der Waals surface area contributed by atoms with Crippen LogP contribution in [0.25, 0.3) is 21.9 Å². The number of aromatic amines is 1. The Hall–Kier alpha value is -2.83. The number of hydrogen-bond donors (Lipinski definition) is 3. The van der Waals surface area contributed by atoms with Crippen molar-refractivity contribution in [2.24, 2.45) is 11.7 Å². The number of aromatic nitrogens is 3. The minimum atomic E-state index is -0.227. The molecule has 0 radical (unpaired) electrons. The molecule has 118 valence electrons. The number of aromatic hydroxyl groups is 1. The molecule has 3 heterocycles. The number of anilines is 1. The first-order valence-electron chi connectivity index (χ1n) is 7.63. The Labute approximate surface area is 132 Å². The van der Waals surface area contributed by atoms with Crippen molar-refractivity contribution >= 4 is 33.7 Å². The lowest BCUT2D eigenvalue weighted by Gasteiger charge is -2.31. The third-order valence-corrected chi connectivity index (χ3v) is 4.55. The molecule has 3 aromatic rings. The van der Waals surface area contributed by atoms with E-state index in [0.29, 0.717) is 0 Å². The number of nitrogens with one attached hydrogen (secondary N) is 1. The number of nitrogens with zero attached hydrogens (tertiary/aromatic N) is 3. The number of hydrogen-bond acceptors (Lipinski definition) is 5. The lowest BCUT2D eigenvalue weighted by Crippen LogP contribution is -2.39. The van der Waals surface area contributed by atoms with Gasteiger partial charge in [0.05, 0.1) is 5.39 Å². The first kappa shape index (κ1) is 13.8. The summed E-state index contributed by atoms with van der Waals surface area (Å²) in [6.45, 7) is 1.45. The van der Waals surface area contributed by atoms with Crippen LogP contribution in [-0.4, -0.2) is 39.1 Å². The zero-order chi connectivity index (χ0) is 16.0. The van der Waals surface area contributed by atoms with Gasteiger partial charge >= 0.3 is 0 Å². The van der Waals surface area contributed by atoms with Crippen LogP contribution < -0.4 is 10.6 Å². The highest BCUT2D eigenvalue weighted by atomic mass is 16.3. The summed E-state index contributed by atoms with van der Waals surface area (Å²) < 4.78 is 0. The minimum Gasteiger partial charge on any atom is -0.508 e. The van der Waals surface area contributed by atoms with Gasteiger partial charge in [-0.1, -0.05) is 0 Å². The van der Waals surface area contributed by atoms with Crippen molar-refractivity contribution in [1.29, 1.82) is 0 Å². The van der Waals surface area contributed by atoms with E-state index < -0.39 is 0 Å². The fourth-order valence-corrected chi connectivity index (χ4v) is 3.31. The summed E-state index contributed by atoms with van der Waals surface area (Å²) in [5, 5.41) is 11.6. The quantitative estimate of drug-likeness (QED) is 0.665. The van der Waals surface area contributed by atoms with E-state index in [4.69, 9.17) is 5.73 Å². The molecule has 1 saturated heterocycles.